The van der Waals surface area contributed by atoms with E-state index in [-0.39, 0.29) is 11.7 Å². The van der Waals surface area contributed by atoms with Gasteiger partial charge >= 0.3 is 0 Å². The van der Waals surface area contributed by atoms with Crippen LogP contribution in [0.1, 0.15) is 43.0 Å². The molecule has 1 aromatic heterocycles. The Balaban J connectivity index is 1.42. The van der Waals surface area contributed by atoms with Crippen LogP contribution in [0.4, 0.5) is 5.82 Å². The molecular weight excluding hydrogens is 340 g/mol. The zero-order chi connectivity index (χ0) is 18.4. The Morgan fingerprint density at radius 3 is 2.85 bits per heavy atom. The van der Waals surface area contributed by atoms with Crippen molar-refractivity contribution in [1.29, 1.82) is 0 Å². The molecule has 0 amide bonds. The summed E-state index contributed by atoms with van der Waals surface area (Å²) in [4.78, 5) is 16.0. The molecule has 0 N–H and O–H groups in total. The van der Waals surface area contributed by atoms with Crippen LogP contribution in [0.3, 0.4) is 0 Å². The number of ether oxygens (including phenoxy) is 2. The summed E-state index contributed by atoms with van der Waals surface area (Å²) in [5.41, 5.74) is 4.16. The van der Waals surface area contributed by atoms with Crippen LogP contribution in [0.2, 0.25) is 0 Å². The minimum Gasteiger partial charge on any atom is -0.488 e. The van der Waals surface area contributed by atoms with Crippen LogP contribution in [-0.2, 0) is 11.3 Å². The number of hydrogen-bond donors (Lipinski definition) is 0. The molecule has 5 rings (SSSR count). The van der Waals surface area contributed by atoms with Gasteiger partial charge in [0.2, 0.25) is 0 Å². The van der Waals surface area contributed by atoms with Crippen LogP contribution >= 0.6 is 0 Å². The van der Waals surface area contributed by atoms with Crippen molar-refractivity contribution < 1.29 is 9.47 Å². The van der Waals surface area contributed by atoms with E-state index in [9.17, 15) is 0 Å². The van der Waals surface area contributed by atoms with Gasteiger partial charge in [0.15, 0.2) is 0 Å². The lowest BCUT2D eigenvalue weighted by atomic mass is 10.0. The largest absolute Gasteiger partial charge is 0.488 e. The van der Waals surface area contributed by atoms with Crippen molar-refractivity contribution in [2.45, 2.75) is 44.4 Å². The standard InChI is InChI=1S/C21H24N4O2/c1-21(6-7-21)27-15-4-3-14-11-22-20(17(14)9-15)18-10-19(24-13-23-18)25-8-5-16(12-25)26-2/h3-4,9-10,13,16H,5-8,11-12H2,1-2H3/t16-/m1/s1. The summed E-state index contributed by atoms with van der Waals surface area (Å²) in [6.07, 6.45) is 5.18. The molecule has 2 fully saturated rings. The van der Waals surface area contributed by atoms with E-state index in [1.165, 1.54) is 5.56 Å². The van der Waals surface area contributed by atoms with Crippen molar-refractivity contribution in [3.63, 3.8) is 0 Å². The van der Waals surface area contributed by atoms with Crippen molar-refractivity contribution in [2.75, 3.05) is 25.1 Å². The normalized spacial score (nSPS) is 22.5. The number of hydrogen-bond acceptors (Lipinski definition) is 6. The van der Waals surface area contributed by atoms with Crippen molar-refractivity contribution in [1.82, 2.24) is 9.97 Å². The van der Waals surface area contributed by atoms with Gasteiger partial charge in [-0.25, -0.2) is 9.97 Å². The monoisotopic (exact) mass is 364 g/mol. The highest BCUT2D eigenvalue weighted by molar-refractivity contribution is 6.14. The van der Waals surface area contributed by atoms with E-state index in [2.05, 4.69) is 40.0 Å². The molecule has 1 atom stereocenters. The third-order valence-electron chi connectivity index (χ3n) is 5.76. The molecule has 3 heterocycles. The number of methoxy groups -OCH3 is 1. The first kappa shape index (κ1) is 16.7. The number of benzene rings is 1. The first-order valence-electron chi connectivity index (χ1n) is 9.60. The van der Waals surface area contributed by atoms with Crippen LogP contribution in [0.15, 0.2) is 35.6 Å². The van der Waals surface area contributed by atoms with E-state index >= 15 is 0 Å². The van der Waals surface area contributed by atoms with Crippen LogP contribution in [-0.4, -0.2) is 47.6 Å². The second-order valence-electron chi connectivity index (χ2n) is 7.89. The third kappa shape index (κ3) is 3.18. The predicted octanol–water partition coefficient (Wildman–Crippen LogP) is 2.98. The van der Waals surface area contributed by atoms with E-state index in [1.807, 2.05) is 6.07 Å². The summed E-state index contributed by atoms with van der Waals surface area (Å²) in [5.74, 6) is 1.86. The molecule has 1 aromatic carbocycles. The molecule has 1 saturated heterocycles. The molecule has 3 aliphatic rings. The highest BCUT2D eigenvalue weighted by Gasteiger charge is 2.40. The average molecular weight is 364 g/mol. The Kier molecular flexibility index (Phi) is 3.90. The van der Waals surface area contributed by atoms with Gasteiger partial charge < -0.3 is 14.4 Å². The van der Waals surface area contributed by atoms with Crippen molar-refractivity contribution in [3.05, 3.63) is 47.4 Å². The number of rotatable bonds is 5. The molecule has 0 radical (unpaired) electrons. The molecule has 0 spiro atoms. The van der Waals surface area contributed by atoms with Crippen LogP contribution in [0.25, 0.3) is 0 Å². The lowest BCUT2D eigenvalue weighted by Crippen LogP contribution is -2.23. The van der Waals surface area contributed by atoms with Gasteiger partial charge in [0, 0.05) is 31.8 Å². The van der Waals surface area contributed by atoms with Gasteiger partial charge in [0.1, 0.15) is 23.5 Å². The minimum absolute atomic E-state index is 0.0138. The summed E-state index contributed by atoms with van der Waals surface area (Å²) in [6, 6.07) is 8.34. The maximum Gasteiger partial charge on any atom is 0.132 e. The number of aliphatic imine (C=N–C) groups is 1. The number of aromatic nitrogens is 2. The van der Waals surface area contributed by atoms with Crippen LogP contribution < -0.4 is 9.64 Å². The molecule has 1 aliphatic carbocycles. The van der Waals surface area contributed by atoms with E-state index in [0.717, 1.165) is 60.9 Å². The Bertz CT molecular complexity index is 907. The van der Waals surface area contributed by atoms with E-state index in [4.69, 9.17) is 14.5 Å². The number of fused-ring (bicyclic) bond motifs is 1. The minimum atomic E-state index is 0.0138. The molecule has 0 unspecified atom stereocenters. The third-order valence-corrected chi connectivity index (χ3v) is 5.76. The Hall–Kier alpha value is -2.47. The quantitative estimate of drug-likeness (QED) is 0.816. The lowest BCUT2D eigenvalue weighted by Gasteiger charge is -2.17. The van der Waals surface area contributed by atoms with Gasteiger partial charge in [-0.05, 0) is 43.9 Å². The molecular formula is C21H24N4O2. The molecule has 140 valence electrons. The SMILES string of the molecule is CO[C@@H]1CCN(c2cc(C3=NCc4ccc(OC5(C)CC5)cc43)ncn2)C1. The summed E-state index contributed by atoms with van der Waals surface area (Å²) in [7, 11) is 1.77. The Morgan fingerprint density at radius 2 is 2.07 bits per heavy atom. The van der Waals surface area contributed by atoms with Crippen molar-refractivity contribution in [2.24, 2.45) is 4.99 Å². The number of nitrogens with zero attached hydrogens (tertiary/aromatic N) is 4. The zero-order valence-electron chi connectivity index (χ0n) is 15.8. The summed E-state index contributed by atoms with van der Waals surface area (Å²) in [6.45, 7) is 4.67. The highest BCUT2D eigenvalue weighted by Crippen LogP contribution is 2.40. The molecule has 6 heteroatoms. The van der Waals surface area contributed by atoms with Gasteiger partial charge in [0.25, 0.3) is 0 Å². The van der Waals surface area contributed by atoms with Crippen molar-refractivity contribution in [3.8, 4) is 5.75 Å². The maximum absolute atomic E-state index is 6.14. The molecule has 0 bridgehead atoms. The first-order chi connectivity index (χ1) is 13.1. The maximum atomic E-state index is 6.14. The summed E-state index contributed by atoms with van der Waals surface area (Å²) < 4.78 is 11.6. The molecule has 6 nitrogen and oxygen atoms in total. The first-order valence-corrected chi connectivity index (χ1v) is 9.60. The van der Waals surface area contributed by atoms with E-state index in [1.54, 1.807) is 13.4 Å². The smallest absolute Gasteiger partial charge is 0.132 e. The second-order valence-corrected chi connectivity index (χ2v) is 7.89. The van der Waals surface area contributed by atoms with Crippen LogP contribution in [0, 0.1) is 0 Å². The van der Waals surface area contributed by atoms with E-state index in [0.29, 0.717) is 6.54 Å². The summed E-state index contributed by atoms with van der Waals surface area (Å²) in [5, 5.41) is 0. The summed E-state index contributed by atoms with van der Waals surface area (Å²) >= 11 is 0. The Labute approximate surface area is 159 Å². The lowest BCUT2D eigenvalue weighted by molar-refractivity contribution is 0.121. The van der Waals surface area contributed by atoms with Gasteiger partial charge in [-0.15, -0.1) is 0 Å². The molecule has 2 aromatic rings. The predicted molar refractivity (Wildman–Crippen MR) is 104 cm³/mol. The topological polar surface area (TPSA) is 59.8 Å². The number of anilines is 1. The molecule has 27 heavy (non-hydrogen) atoms. The average Bonchev–Trinajstić information content (AvgIpc) is 3.11. The fourth-order valence-corrected chi connectivity index (χ4v) is 3.79. The fourth-order valence-electron chi connectivity index (χ4n) is 3.79. The fraction of sp³-hybridized carbons (Fsp3) is 0.476. The molecule has 1 saturated carbocycles. The van der Waals surface area contributed by atoms with Gasteiger partial charge in [-0.3, -0.25) is 4.99 Å². The van der Waals surface area contributed by atoms with E-state index < -0.39 is 0 Å². The highest BCUT2D eigenvalue weighted by atomic mass is 16.5. The van der Waals surface area contributed by atoms with Gasteiger partial charge in [-0.2, -0.15) is 0 Å². The Morgan fingerprint density at radius 1 is 1.19 bits per heavy atom. The van der Waals surface area contributed by atoms with Gasteiger partial charge in [-0.1, -0.05) is 6.07 Å². The van der Waals surface area contributed by atoms with Gasteiger partial charge in [0.05, 0.1) is 24.1 Å². The molecule has 2 aliphatic heterocycles. The van der Waals surface area contributed by atoms with Crippen LogP contribution in [0.5, 0.6) is 5.75 Å². The van der Waals surface area contributed by atoms with Crippen molar-refractivity contribution >= 4 is 11.5 Å². The zero-order valence-corrected chi connectivity index (χ0v) is 15.8. The second kappa shape index (κ2) is 6.30.